The molecule has 0 spiro atoms. The second-order valence-electron chi connectivity index (χ2n) is 4.95. The van der Waals surface area contributed by atoms with Gasteiger partial charge in [0.2, 0.25) is 0 Å². The maximum atomic E-state index is 13.6. The summed E-state index contributed by atoms with van der Waals surface area (Å²) < 4.78 is 15.6. The zero-order chi connectivity index (χ0) is 13.9. The molecule has 1 fully saturated rings. The number of halogens is 1. The highest BCUT2D eigenvalue weighted by molar-refractivity contribution is 5.60. The van der Waals surface area contributed by atoms with Crippen molar-refractivity contribution in [3.63, 3.8) is 0 Å². The molecule has 1 aliphatic rings. The van der Waals surface area contributed by atoms with Gasteiger partial charge in [-0.15, -0.1) is 0 Å². The Labute approximate surface area is 117 Å². The molecule has 1 aromatic heterocycles. The molecule has 4 nitrogen and oxygen atoms in total. The molecule has 102 valence electrons. The Morgan fingerprint density at radius 1 is 1.25 bits per heavy atom. The van der Waals surface area contributed by atoms with E-state index in [0.717, 1.165) is 25.9 Å². The summed E-state index contributed by atoms with van der Waals surface area (Å²) in [5.74, 6) is -0.445. The number of aromatic nitrogens is 2. The van der Waals surface area contributed by atoms with E-state index in [1.807, 2.05) is 29.1 Å². The van der Waals surface area contributed by atoms with Gasteiger partial charge in [0.1, 0.15) is 17.4 Å². The van der Waals surface area contributed by atoms with Gasteiger partial charge >= 0.3 is 0 Å². The minimum absolute atomic E-state index is 0.144. The molecule has 1 aromatic carbocycles. The smallest absolute Gasteiger partial charge is 0.143 e. The van der Waals surface area contributed by atoms with Crippen LogP contribution in [0.4, 0.5) is 10.1 Å². The first kappa shape index (κ1) is 12.7. The third kappa shape index (κ3) is 2.25. The van der Waals surface area contributed by atoms with Crippen LogP contribution < -0.4 is 4.90 Å². The maximum Gasteiger partial charge on any atom is 0.143 e. The Hall–Kier alpha value is -2.35. The Bertz CT molecular complexity index is 622. The van der Waals surface area contributed by atoms with Crippen molar-refractivity contribution in [1.29, 1.82) is 5.26 Å². The molecule has 1 aliphatic heterocycles. The maximum absolute atomic E-state index is 13.6. The van der Waals surface area contributed by atoms with Gasteiger partial charge in [-0.3, -0.25) is 4.68 Å². The molecular weight excluding hydrogens is 255 g/mol. The van der Waals surface area contributed by atoms with Crippen LogP contribution in [0.25, 0.3) is 0 Å². The van der Waals surface area contributed by atoms with Gasteiger partial charge in [0.15, 0.2) is 0 Å². The molecule has 0 radical (unpaired) electrons. The number of piperidine rings is 1. The van der Waals surface area contributed by atoms with Crippen LogP contribution in [-0.4, -0.2) is 22.9 Å². The molecule has 2 heterocycles. The zero-order valence-corrected chi connectivity index (χ0v) is 11.0. The molecule has 2 aromatic rings. The van der Waals surface area contributed by atoms with Crippen molar-refractivity contribution in [3.8, 4) is 6.07 Å². The lowest BCUT2D eigenvalue weighted by atomic mass is 10.0. The summed E-state index contributed by atoms with van der Waals surface area (Å²) in [4.78, 5) is 2.08. The van der Waals surface area contributed by atoms with Gasteiger partial charge < -0.3 is 4.90 Å². The van der Waals surface area contributed by atoms with Crippen molar-refractivity contribution >= 4 is 5.69 Å². The first-order valence-electron chi connectivity index (χ1n) is 6.72. The quantitative estimate of drug-likeness (QED) is 0.843. The number of rotatable bonds is 2. The van der Waals surface area contributed by atoms with Gasteiger partial charge in [0, 0.05) is 25.5 Å². The van der Waals surface area contributed by atoms with Crippen molar-refractivity contribution in [3.05, 3.63) is 48.0 Å². The number of benzene rings is 1. The van der Waals surface area contributed by atoms with Gasteiger partial charge in [-0.1, -0.05) is 6.07 Å². The van der Waals surface area contributed by atoms with E-state index in [4.69, 9.17) is 5.26 Å². The SMILES string of the molecule is N#Cc1c(F)cccc1N1CCC(n2cccn2)CC1. The fourth-order valence-electron chi connectivity index (χ4n) is 2.75. The highest BCUT2D eigenvalue weighted by atomic mass is 19.1. The first-order chi connectivity index (χ1) is 9.79. The van der Waals surface area contributed by atoms with Crippen molar-refractivity contribution in [2.24, 2.45) is 0 Å². The van der Waals surface area contributed by atoms with E-state index in [-0.39, 0.29) is 5.56 Å². The van der Waals surface area contributed by atoms with E-state index in [9.17, 15) is 4.39 Å². The van der Waals surface area contributed by atoms with Gasteiger partial charge in [-0.25, -0.2) is 4.39 Å². The predicted molar refractivity (Wildman–Crippen MR) is 73.8 cm³/mol. The summed E-state index contributed by atoms with van der Waals surface area (Å²) in [6, 6.07) is 9.08. The van der Waals surface area contributed by atoms with E-state index >= 15 is 0 Å². The van der Waals surface area contributed by atoms with Gasteiger partial charge in [-0.2, -0.15) is 10.4 Å². The lowest BCUT2D eigenvalue weighted by Gasteiger charge is -2.34. The highest BCUT2D eigenvalue weighted by Gasteiger charge is 2.23. The molecule has 0 N–H and O–H groups in total. The van der Waals surface area contributed by atoms with Crippen LogP contribution in [0.5, 0.6) is 0 Å². The molecule has 0 bridgehead atoms. The highest BCUT2D eigenvalue weighted by Crippen LogP contribution is 2.29. The Morgan fingerprint density at radius 2 is 2.05 bits per heavy atom. The van der Waals surface area contributed by atoms with Crippen LogP contribution in [0.3, 0.4) is 0 Å². The van der Waals surface area contributed by atoms with Crippen LogP contribution in [0.2, 0.25) is 0 Å². The zero-order valence-electron chi connectivity index (χ0n) is 11.0. The molecular formula is C15H15FN4. The average molecular weight is 270 g/mol. The summed E-state index contributed by atoms with van der Waals surface area (Å²) in [6.45, 7) is 1.62. The fourth-order valence-corrected chi connectivity index (χ4v) is 2.75. The second-order valence-corrected chi connectivity index (χ2v) is 4.95. The molecule has 0 aliphatic carbocycles. The number of anilines is 1. The molecule has 0 atom stereocenters. The Kier molecular flexibility index (Phi) is 3.38. The summed E-state index contributed by atoms with van der Waals surface area (Å²) in [5, 5.41) is 13.4. The normalized spacial score (nSPS) is 16.1. The Balaban J connectivity index is 1.76. The number of hydrogen-bond donors (Lipinski definition) is 0. The largest absolute Gasteiger partial charge is 0.370 e. The molecule has 0 amide bonds. The van der Waals surface area contributed by atoms with E-state index in [0.29, 0.717) is 11.7 Å². The second kappa shape index (κ2) is 5.33. The number of nitriles is 1. The van der Waals surface area contributed by atoms with Crippen LogP contribution in [0, 0.1) is 17.1 Å². The lowest BCUT2D eigenvalue weighted by Crippen LogP contribution is -2.35. The predicted octanol–water partition coefficient (Wildman–Crippen LogP) is 2.74. The summed E-state index contributed by atoms with van der Waals surface area (Å²) in [6.07, 6.45) is 5.65. The van der Waals surface area contributed by atoms with Crippen LogP contribution in [0.1, 0.15) is 24.4 Å². The summed E-state index contributed by atoms with van der Waals surface area (Å²) in [7, 11) is 0. The van der Waals surface area contributed by atoms with Crippen LogP contribution >= 0.6 is 0 Å². The third-order valence-corrected chi connectivity index (χ3v) is 3.81. The summed E-state index contributed by atoms with van der Waals surface area (Å²) in [5.41, 5.74) is 0.844. The van der Waals surface area contributed by atoms with Gasteiger partial charge in [-0.05, 0) is 31.0 Å². The minimum atomic E-state index is -0.445. The fraction of sp³-hybridized carbons (Fsp3) is 0.333. The van der Waals surface area contributed by atoms with E-state index in [2.05, 4.69) is 10.00 Å². The van der Waals surface area contributed by atoms with Crippen molar-refractivity contribution in [1.82, 2.24) is 9.78 Å². The standard InChI is InChI=1S/C15H15FN4/c16-14-3-1-4-15(13(14)11-17)19-9-5-12(6-10-19)20-8-2-7-18-20/h1-4,7-8,12H,5-6,9-10H2. The molecule has 20 heavy (non-hydrogen) atoms. The molecule has 0 unspecified atom stereocenters. The molecule has 5 heteroatoms. The van der Waals surface area contributed by atoms with Crippen molar-refractivity contribution in [2.45, 2.75) is 18.9 Å². The number of hydrogen-bond acceptors (Lipinski definition) is 3. The van der Waals surface area contributed by atoms with E-state index < -0.39 is 5.82 Å². The van der Waals surface area contributed by atoms with Crippen molar-refractivity contribution in [2.75, 3.05) is 18.0 Å². The number of nitrogens with zero attached hydrogens (tertiary/aromatic N) is 4. The van der Waals surface area contributed by atoms with Gasteiger partial charge in [0.25, 0.3) is 0 Å². The first-order valence-corrected chi connectivity index (χ1v) is 6.72. The van der Waals surface area contributed by atoms with Crippen LogP contribution in [-0.2, 0) is 0 Å². The van der Waals surface area contributed by atoms with Crippen LogP contribution in [0.15, 0.2) is 36.7 Å². The Morgan fingerprint density at radius 3 is 2.70 bits per heavy atom. The average Bonchev–Trinajstić information content (AvgIpc) is 3.01. The van der Waals surface area contributed by atoms with E-state index in [1.165, 1.54) is 6.07 Å². The van der Waals surface area contributed by atoms with Crippen molar-refractivity contribution < 1.29 is 4.39 Å². The minimum Gasteiger partial charge on any atom is -0.370 e. The lowest BCUT2D eigenvalue weighted by molar-refractivity contribution is 0.366. The monoisotopic (exact) mass is 270 g/mol. The topological polar surface area (TPSA) is 44.9 Å². The van der Waals surface area contributed by atoms with Gasteiger partial charge in [0.05, 0.1) is 11.7 Å². The third-order valence-electron chi connectivity index (χ3n) is 3.81. The molecule has 3 rings (SSSR count). The molecule has 1 saturated heterocycles. The summed E-state index contributed by atoms with van der Waals surface area (Å²) >= 11 is 0. The molecule has 0 saturated carbocycles. The van der Waals surface area contributed by atoms with E-state index in [1.54, 1.807) is 12.3 Å².